The summed E-state index contributed by atoms with van der Waals surface area (Å²) in [6, 6.07) is 8.72. The second-order valence-electron chi connectivity index (χ2n) is 23.9. The van der Waals surface area contributed by atoms with Gasteiger partial charge in [-0.3, -0.25) is 14.4 Å². The number of unbranched alkanes of at least 4 members (excludes halogenated alkanes) is 4. The summed E-state index contributed by atoms with van der Waals surface area (Å²) in [5.74, 6) is -0.615. The van der Waals surface area contributed by atoms with Gasteiger partial charge in [0.25, 0.3) is 0 Å². The number of carbonyl (C=O) groups excluding carboxylic acids is 5. The molecule has 34 nitrogen and oxygen atoms in total. The number of methoxy groups -OCH3 is 2. The molecule has 0 aliphatic carbocycles. The van der Waals surface area contributed by atoms with E-state index < -0.39 is 67.2 Å². The molecule has 4 aromatic rings. The summed E-state index contributed by atoms with van der Waals surface area (Å²) < 4.78 is 89.2. The molecule has 0 spiro atoms. The van der Waals surface area contributed by atoms with Crippen molar-refractivity contribution < 1.29 is 120 Å². The van der Waals surface area contributed by atoms with Crippen molar-refractivity contribution in [3.63, 3.8) is 0 Å². The number of aromatic nitrogens is 3. The zero-order chi connectivity index (χ0) is 74.8. The molecule has 0 bridgehead atoms. The molecule has 34 heteroatoms. The Labute approximate surface area is 607 Å². The van der Waals surface area contributed by atoms with Crippen LogP contribution in [-0.2, 0) is 105 Å². The SMILES string of the molecule is CCCCc1nc2c(N)nc3cc(C(=O)OC)ccc3c2n1CCCCCNC(=O)OCc1ccc(O[C@H]2O[C@H](CO)[C@@H](O)[C@H](O)[C@@H]2O)c(NC(=O)CCNC(=O)[C@@H](N)CCCCNC(=O)CCOCCOCCOCCOCCOCCOCCOCCOCCOCCOCCOCCOC)c1. The van der Waals surface area contributed by atoms with Gasteiger partial charge in [0.05, 0.1) is 194 Å². The summed E-state index contributed by atoms with van der Waals surface area (Å²) in [6.07, 6.45) is -2.57. The Kier molecular flexibility index (Phi) is 45.7. The second-order valence-corrected chi connectivity index (χ2v) is 23.9. The van der Waals surface area contributed by atoms with E-state index in [9.17, 15) is 44.4 Å². The maximum Gasteiger partial charge on any atom is 0.407 e. The molecular formula is C70H113N9O25. The molecule has 0 radical (unpaired) electrons. The average molecular weight is 1480 g/mol. The first kappa shape index (κ1) is 88.0. The molecule has 1 fully saturated rings. The van der Waals surface area contributed by atoms with Crippen molar-refractivity contribution in [1.29, 1.82) is 0 Å². The standard InChI is InChI=1S/C70H113N9O25/c1-4-5-12-58-78-61-62(52-15-14-51(68(87)90-3)47-54(52)77-66(61)72)79(58)22-10-6-8-20-75-70(88)102-49-50-13-16-56(103-69-65(85)64(84)63(83)57(48-80)104-69)55(46-50)76-60(82)17-21-74-67(86)53(71)11-7-9-19-73-59(81)18-23-91-26-27-93-30-31-95-34-35-97-38-39-99-42-43-101-45-44-100-41-40-98-37-36-96-33-32-94-29-28-92-25-24-89-2/h13-16,46-47,53,57,63-65,69,80,83-85H,4-12,17-45,48-49,71H2,1-3H3,(H2,72,77)(H,73,81)(H,74,86)(H,75,88)(H,76,82)/t53-,57+,63+,64-,65-,69-/m0/s1. The van der Waals surface area contributed by atoms with E-state index in [0.29, 0.717) is 213 Å². The minimum absolute atomic E-state index is 0.0435. The van der Waals surface area contributed by atoms with Gasteiger partial charge in [-0.2, -0.15) is 0 Å². The zero-order valence-corrected chi connectivity index (χ0v) is 60.6. The van der Waals surface area contributed by atoms with E-state index >= 15 is 0 Å². The number of anilines is 2. The molecule has 5 rings (SSSR count). The molecule has 3 heterocycles. The molecule has 0 unspecified atom stereocenters. The number of nitrogen functional groups attached to an aromatic ring is 1. The minimum atomic E-state index is -1.76. The predicted molar refractivity (Wildman–Crippen MR) is 379 cm³/mol. The van der Waals surface area contributed by atoms with E-state index in [4.69, 9.17) is 92.2 Å². The first-order valence-corrected chi connectivity index (χ1v) is 35.8. The molecule has 4 amide bonds. The third-order valence-corrected chi connectivity index (χ3v) is 15.9. The fourth-order valence-electron chi connectivity index (χ4n) is 10.3. The number of aliphatic hydroxyl groups excluding tert-OH is 4. The number of pyridine rings is 1. The molecule has 2 aromatic carbocycles. The van der Waals surface area contributed by atoms with Gasteiger partial charge in [0.15, 0.2) is 5.82 Å². The van der Waals surface area contributed by atoms with Gasteiger partial charge in [0, 0.05) is 57.9 Å². The normalized spacial score (nSPS) is 16.2. The first-order valence-electron chi connectivity index (χ1n) is 35.8. The van der Waals surface area contributed by atoms with Gasteiger partial charge in [0.1, 0.15) is 48.1 Å². The van der Waals surface area contributed by atoms with Crippen LogP contribution in [0.2, 0.25) is 0 Å². The molecule has 1 saturated heterocycles. The topological polar surface area (TPSA) is 445 Å². The van der Waals surface area contributed by atoms with Crippen molar-refractivity contribution in [2.24, 2.45) is 5.73 Å². The van der Waals surface area contributed by atoms with Gasteiger partial charge in [-0.15, -0.1) is 0 Å². The van der Waals surface area contributed by atoms with Crippen LogP contribution in [0.1, 0.15) is 92.9 Å². The summed E-state index contributed by atoms with van der Waals surface area (Å²) >= 11 is 0. The average Bonchev–Trinajstić information content (AvgIpc) is 1.57. The number of alkyl carbamates (subject to hydrolysis) is 1. The van der Waals surface area contributed by atoms with Gasteiger partial charge in [-0.1, -0.05) is 19.4 Å². The van der Waals surface area contributed by atoms with Crippen molar-refractivity contribution >= 4 is 63.2 Å². The third-order valence-electron chi connectivity index (χ3n) is 15.9. The van der Waals surface area contributed by atoms with Crippen molar-refractivity contribution in [2.45, 2.75) is 127 Å². The number of aliphatic hydroxyl groups is 4. The van der Waals surface area contributed by atoms with Crippen LogP contribution < -0.4 is 37.5 Å². The monoisotopic (exact) mass is 1480 g/mol. The predicted octanol–water partition coefficient (Wildman–Crippen LogP) is 1.85. The van der Waals surface area contributed by atoms with Crippen molar-refractivity contribution in [3.8, 4) is 5.75 Å². The molecular weight excluding hydrogens is 1370 g/mol. The van der Waals surface area contributed by atoms with E-state index in [1.807, 2.05) is 6.07 Å². The lowest BCUT2D eigenvalue weighted by Crippen LogP contribution is -2.60. The summed E-state index contributed by atoms with van der Waals surface area (Å²) in [6.45, 7) is 12.7. The highest BCUT2D eigenvalue weighted by Gasteiger charge is 2.45. The zero-order valence-electron chi connectivity index (χ0n) is 60.6. The Bertz CT molecular complexity index is 3040. The highest BCUT2D eigenvalue weighted by Crippen LogP contribution is 2.33. The van der Waals surface area contributed by atoms with Crippen LogP contribution in [0.25, 0.3) is 21.9 Å². The van der Waals surface area contributed by atoms with Crippen LogP contribution in [0.15, 0.2) is 36.4 Å². The second kappa shape index (κ2) is 54.0. The summed E-state index contributed by atoms with van der Waals surface area (Å²) in [5, 5.41) is 53.0. The van der Waals surface area contributed by atoms with Gasteiger partial charge >= 0.3 is 12.1 Å². The van der Waals surface area contributed by atoms with Crippen LogP contribution in [0.3, 0.4) is 0 Å². The molecule has 12 N–H and O–H groups in total. The van der Waals surface area contributed by atoms with E-state index in [1.165, 1.54) is 25.3 Å². The number of ether oxygens (including phenoxy) is 16. The first-order chi connectivity index (χ1) is 50.7. The van der Waals surface area contributed by atoms with Crippen molar-refractivity contribution in [2.75, 3.05) is 203 Å². The number of benzene rings is 2. The highest BCUT2D eigenvalue weighted by molar-refractivity contribution is 6.08. The number of hydrogen-bond acceptors (Lipinski definition) is 29. The Morgan fingerprint density at radius 1 is 0.596 bits per heavy atom. The Morgan fingerprint density at radius 3 is 1.71 bits per heavy atom. The maximum atomic E-state index is 13.4. The van der Waals surface area contributed by atoms with Crippen LogP contribution in [0.4, 0.5) is 16.3 Å². The number of amides is 4. The number of esters is 1. The minimum Gasteiger partial charge on any atom is -0.465 e. The van der Waals surface area contributed by atoms with E-state index in [1.54, 1.807) is 19.2 Å². The fraction of sp³-hybridized carbons (Fsp3) is 0.700. The quantitative estimate of drug-likeness (QED) is 0.0223. The van der Waals surface area contributed by atoms with Crippen LogP contribution >= 0.6 is 0 Å². The number of nitrogens with zero attached hydrogens (tertiary/aromatic N) is 3. The van der Waals surface area contributed by atoms with Crippen molar-refractivity contribution in [3.05, 3.63) is 53.3 Å². The highest BCUT2D eigenvalue weighted by atomic mass is 16.7. The maximum absolute atomic E-state index is 13.4. The molecule has 1 aliphatic rings. The Morgan fingerprint density at radius 2 is 1.15 bits per heavy atom. The Hall–Kier alpha value is -6.65. The van der Waals surface area contributed by atoms with Crippen LogP contribution in [-0.4, -0.2) is 294 Å². The summed E-state index contributed by atoms with van der Waals surface area (Å²) in [7, 11) is 2.95. The summed E-state index contributed by atoms with van der Waals surface area (Å²) in [5.41, 5.74) is 15.4. The van der Waals surface area contributed by atoms with Gasteiger partial charge in [-0.05, 0) is 80.8 Å². The number of fused-ring (bicyclic) bond motifs is 3. The van der Waals surface area contributed by atoms with E-state index in [0.717, 1.165) is 48.8 Å². The lowest BCUT2D eigenvalue weighted by Gasteiger charge is -2.39. The number of carbonyl (C=O) groups is 5. The number of nitrogens with one attached hydrogen (secondary N) is 4. The van der Waals surface area contributed by atoms with Gasteiger partial charge < -0.3 is 134 Å². The fourth-order valence-corrected chi connectivity index (χ4v) is 10.3. The summed E-state index contributed by atoms with van der Waals surface area (Å²) in [4.78, 5) is 73.3. The van der Waals surface area contributed by atoms with Gasteiger partial charge in [0.2, 0.25) is 24.0 Å². The largest absolute Gasteiger partial charge is 0.465 e. The van der Waals surface area contributed by atoms with Crippen LogP contribution in [0, 0.1) is 0 Å². The lowest BCUT2D eigenvalue weighted by atomic mass is 9.99. The molecule has 588 valence electrons. The van der Waals surface area contributed by atoms with Crippen LogP contribution in [0.5, 0.6) is 5.75 Å². The van der Waals surface area contributed by atoms with Gasteiger partial charge in [-0.25, -0.2) is 19.6 Å². The molecule has 104 heavy (non-hydrogen) atoms. The number of rotatable bonds is 61. The Balaban J connectivity index is 0.862. The number of aryl methyl sites for hydroxylation is 2. The number of imidazole rings is 1. The smallest absolute Gasteiger partial charge is 0.407 e. The number of hydrogen-bond donors (Lipinski definition) is 10. The van der Waals surface area contributed by atoms with Crippen molar-refractivity contribution in [1.82, 2.24) is 30.5 Å². The number of nitrogens with two attached hydrogens (primary N) is 2. The van der Waals surface area contributed by atoms with E-state index in [2.05, 4.69) is 37.7 Å². The molecule has 0 saturated carbocycles. The third kappa shape index (κ3) is 34.7. The molecule has 2 aromatic heterocycles. The molecule has 1 aliphatic heterocycles. The van der Waals surface area contributed by atoms with E-state index in [-0.39, 0.29) is 55.8 Å². The molecule has 6 atom stereocenters. The lowest BCUT2D eigenvalue weighted by molar-refractivity contribution is -0.277.